The highest BCUT2D eigenvalue weighted by Crippen LogP contribution is 2.34. The number of piperazine rings is 1. The van der Waals surface area contributed by atoms with Crippen molar-refractivity contribution in [1.82, 2.24) is 10.3 Å². The van der Waals surface area contributed by atoms with E-state index in [9.17, 15) is 0 Å². The summed E-state index contributed by atoms with van der Waals surface area (Å²) in [6, 6.07) is 4.44. The van der Waals surface area contributed by atoms with Gasteiger partial charge in [-0.15, -0.1) is 0 Å². The fourth-order valence-electron chi connectivity index (χ4n) is 2.79. The summed E-state index contributed by atoms with van der Waals surface area (Å²) in [5, 5.41) is 3.39. The molecule has 0 saturated carbocycles. The third kappa shape index (κ3) is 2.40. The van der Waals surface area contributed by atoms with Gasteiger partial charge < -0.3 is 14.6 Å². The summed E-state index contributed by atoms with van der Waals surface area (Å²) in [6.07, 6.45) is 0. The van der Waals surface area contributed by atoms with Gasteiger partial charge in [0.2, 0.25) is 0 Å². The number of nitrogens with one attached hydrogen (secondary N) is 1. The fraction of sp³-hybridized carbons (Fsp3) is 0.562. The van der Waals surface area contributed by atoms with E-state index in [1.807, 2.05) is 6.92 Å². The molecule has 1 aromatic heterocycles. The van der Waals surface area contributed by atoms with Gasteiger partial charge in [0, 0.05) is 44.4 Å². The van der Waals surface area contributed by atoms with Crippen molar-refractivity contribution in [2.24, 2.45) is 0 Å². The molecule has 1 saturated heterocycles. The van der Waals surface area contributed by atoms with E-state index in [0.29, 0.717) is 0 Å². The topological polar surface area (TPSA) is 41.3 Å². The van der Waals surface area contributed by atoms with Crippen LogP contribution in [0.2, 0.25) is 0 Å². The van der Waals surface area contributed by atoms with Gasteiger partial charge in [0.25, 0.3) is 0 Å². The van der Waals surface area contributed by atoms with Gasteiger partial charge >= 0.3 is 0 Å². The summed E-state index contributed by atoms with van der Waals surface area (Å²) in [5.41, 5.74) is 4.47. The highest BCUT2D eigenvalue weighted by atomic mass is 16.3. The number of rotatable bonds is 1. The van der Waals surface area contributed by atoms with Gasteiger partial charge in [0.1, 0.15) is 5.52 Å². The molecule has 3 rings (SSSR count). The zero-order valence-corrected chi connectivity index (χ0v) is 12.8. The molecule has 4 nitrogen and oxygen atoms in total. The molecule has 0 unspecified atom stereocenters. The maximum absolute atomic E-state index is 5.83. The average Bonchev–Trinajstić information content (AvgIpc) is 2.77. The average molecular weight is 273 g/mol. The lowest BCUT2D eigenvalue weighted by atomic mass is 9.86. The van der Waals surface area contributed by atoms with Crippen LogP contribution in [0.4, 0.5) is 5.69 Å². The summed E-state index contributed by atoms with van der Waals surface area (Å²) < 4.78 is 5.83. The van der Waals surface area contributed by atoms with E-state index in [1.54, 1.807) is 0 Å². The minimum absolute atomic E-state index is 0.0499. The molecule has 0 spiro atoms. The Hall–Kier alpha value is -1.55. The molecular weight excluding hydrogens is 250 g/mol. The predicted molar refractivity (Wildman–Crippen MR) is 82.5 cm³/mol. The summed E-state index contributed by atoms with van der Waals surface area (Å²) in [4.78, 5) is 6.96. The fourth-order valence-corrected chi connectivity index (χ4v) is 2.79. The number of aromatic nitrogens is 1. The molecule has 0 amide bonds. The van der Waals surface area contributed by atoms with Crippen LogP contribution in [0.25, 0.3) is 11.1 Å². The van der Waals surface area contributed by atoms with Crippen molar-refractivity contribution in [3.63, 3.8) is 0 Å². The Morgan fingerprint density at radius 1 is 1.20 bits per heavy atom. The monoisotopic (exact) mass is 273 g/mol. The van der Waals surface area contributed by atoms with Crippen LogP contribution in [-0.2, 0) is 5.41 Å². The molecular formula is C16H23N3O. The second-order valence-corrected chi connectivity index (χ2v) is 6.56. The number of hydrogen-bond donors (Lipinski definition) is 1. The highest BCUT2D eigenvalue weighted by Gasteiger charge is 2.23. The van der Waals surface area contributed by atoms with Gasteiger partial charge in [-0.2, -0.15) is 0 Å². The Balaban J connectivity index is 2.14. The number of benzene rings is 1. The first-order valence-corrected chi connectivity index (χ1v) is 7.32. The standard InChI is InChI=1S/C16H23N3O/c1-11-18-14-10-12(19-7-5-17-6-8-19)9-13(15(14)20-11)16(2,3)4/h9-10,17H,5-8H2,1-4H3. The Kier molecular flexibility index (Phi) is 3.21. The van der Waals surface area contributed by atoms with Crippen LogP contribution in [0, 0.1) is 6.92 Å². The van der Waals surface area contributed by atoms with E-state index in [4.69, 9.17) is 4.42 Å². The van der Waals surface area contributed by atoms with Crippen molar-refractivity contribution in [1.29, 1.82) is 0 Å². The van der Waals surface area contributed by atoms with Crippen molar-refractivity contribution < 1.29 is 4.42 Å². The number of aryl methyl sites for hydroxylation is 1. The molecule has 2 aromatic rings. The van der Waals surface area contributed by atoms with Crippen molar-refractivity contribution in [3.05, 3.63) is 23.6 Å². The van der Waals surface area contributed by atoms with Gasteiger partial charge in [0.05, 0.1) is 0 Å². The van der Waals surface area contributed by atoms with E-state index in [-0.39, 0.29) is 5.41 Å². The molecule has 1 aliphatic rings. The molecule has 1 fully saturated rings. The smallest absolute Gasteiger partial charge is 0.192 e. The van der Waals surface area contributed by atoms with E-state index in [1.165, 1.54) is 11.3 Å². The molecule has 0 aliphatic carbocycles. The lowest BCUT2D eigenvalue weighted by Crippen LogP contribution is -2.43. The SMILES string of the molecule is Cc1nc2cc(N3CCNCC3)cc(C(C)(C)C)c2o1. The largest absolute Gasteiger partial charge is 0.441 e. The summed E-state index contributed by atoms with van der Waals surface area (Å²) >= 11 is 0. The van der Waals surface area contributed by atoms with Crippen LogP contribution in [-0.4, -0.2) is 31.2 Å². The van der Waals surface area contributed by atoms with Gasteiger partial charge in [-0.1, -0.05) is 20.8 Å². The summed E-state index contributed by atoms with van der Waals surface area (Å²) in [6.45, 7) is 12.8. The number of hydrogen-bond acceptors (Lipinski definition) is 4. The lowest BCUT2D eigenvalue weighted by molar-refractivity contribution is 0.532. The first-order chi connectivity index (χ1) is 9.45. The first kappa shape index (κ1) is 13.4. The summed E-state index contributed by atoms with van der Waals surface area (Å²) in [5.74, 6) is 0.739. The molecule has 2 heterocycles. The van der Waals surface area contributed by atoms with E-state index < -0.39 is 0 Å². The van der Waals surface area contributed by atoms with Gasteiger partial charge in [-0.05, 0) is 17.5 Å². The van der Waals surface area contributed by atoms with Crippen LogP contribution >= 0.6 is 0 Å². The second kappa shape index (κ2) is 4.77. The number of fused-ring (bicyclic) bond motifs is 1. The molecule has 108 valence electrons. The summed E-state index contributed by atoms with van der Waals surface area (Å²) in [7, 11) is 0. The van der Waals surface area contributed by atoms with Crippen LogP contribution in [0.1, 0.15) is 32.2 Å². The van der Waals surface area contributed by atoms with Crippen LogP contribution in [0.5, 0.6) is 0 Å². The molecule has 0 atom stereocenters. The predicted octanol–water partition coefficient (Wildman–Crippen LogP) is 2.84. The minimum Gasteiger partial charge on any atom is -0.441 e. The quantitative estimate of drug-likeness (QED) is 0.867. The molecule has 20 heavy (non-hydrogen) atoms. The molecule has 1 aliphatic heterocycles. The molecule has 0 bridgehead atoms. The molecule has 4 heteroatoms. The van der Waals surface area contributed by atoms with E-state index >= 15 is 0 Å². The zero-order valence-electron chi connectivity index (χ0n) is 12.8. The third-order valence-electron chi connectivity index (χ3n) is 3.87. The van der Waals surface area contributed by atoms with E-state index in [2.05, 4.69) is 48.1 Å². The highest BCUT2D eigenvalue weighted by molar-refractivity contribution is 5.82. The van der Waals surface area contributed by atoms with Gasteiger partial charge in [-0.25, -0.2) is 4.98 Å². The van der Waals surface area contributed by atoms with Crippen LogP contribution < -0.4 is 10.2 Å². The van der Waals surface area contributed by atoms with Gasteiger partial charge in [-0.3, -0.25) is 0 Å². The van der Waals surface area contributed by atoms with Crippen LogP contribution in [0.15, 0.2) is 16.5 Å². The maximum Gasteiger partial charge on any atom is 0.192 e. The van der Waals surface area contributed by atoms with E-state index in [0.717, 1.165) is 43.2 Å². The Morgan fingerprint density at radius 3 is 2.55 bits per heavy atom. The number of oxazole rings is 1. The van der Waals surface area contributed by atoms with Crippen molar-refractivity contribution in [2.45, 2.75) is 33.1 Å². The molecule has 1 aromatic carbocycles. The first-order valence-electron chi connectivity index (χ1n) is 7.32. The Bertz CT molecular complexity index is 618. The third-order valence-corrected chi connectivity index (χ3v) is 3.87. The molecule has 0 radical (unpaired) electrons. The van der Waals surface area contributed by atoms with Gasteiger partial charge in [0.15, 0.2) is 11.5 Å². The van der Waals surface area contributed by atoms with Crippen molar-refractivity contribution in [3.8, 4) is 0 Å². The Labute approximate surface area is 120 Å². The van der Waals surface area contributed by atoms with Crippen molar-refractivity contribution in [2.75, 3.05) is 31.1 Å². The maximum atomic E-state index is 5.83. The lowest BCUT2D eigenvalue weighted by Gasteiger charge is -2.31. The Morgan fingerprint density at radius 2 is 1.90 bits per heavy atom. The van der Waals surface area contributed by atoms with Crippen LogP contribution in [0.3, 0.4) is 0 Å². The minimum atomic E-state index is 0.0499. The number of nitrogens with zero attached hydrogens (tertiary/aromatic N) is 2. The zero-order chi connectivity index (χ0) is 14.3. The molecule has 1 N–H and O–H groups in total. The number of anilines is 1. The normalized spacial score (nSPS) is 16.9. The second-order valence-electron chi connectivity index (χ2n) is 6.56. The van der Waals surface area contributed by atoms with Crippen molar-refractivity contribution >= 4 is 16.8 Å².